The Bertz CT molecular complexity index is 2710. The molecule has 6 aliphatic heterocycles. The molecule has 56 heavy (non-hydrogen) atoms. The minimum absolute atomic E-state index is 0.0722. The SMILES string of the molecule is CC1(C)c2ccccc2N2B3c4ccccc4Sc4ccccc4N3c3c2c1c1c2c3C(C)(C)c3ccccc3N2B2c3ccccc3Sc3ccccc3N21. The lowest BCUT2D eigenvalue weighted by molar-refractivity contribution is 0.623. The third-order valence-electron chi connectivity index (χ3n) is 13.3. The highest BCUT2D eigenvalue weighted by molar-refractivity contribution is 8.00. The molecule has 0 saturated carbocycles. The Kier molecular flexibility index (Phi) is 6.06. The van der Waals surface area contributed by atoms with E-state index >= 15 is 0 Å². The maximum atomic E-state index is 2.75. The van der Waals surface area contributed by atoms with E-state index in [2.05, 4.69) is 193 Å². The minimum Gasteiger partial charge on any atom is -0.359 e. The second-order valence-electron chi connectivity index (χ2n) is 16.9. The first-order chi connectivity index (χ1) is 27.4. The van der Waals surface area contributed by atoms with Gasteiger partial charge in [0.05, 0.1) is 22.7 Å². The van der Waals surface area contributed by atoms with Crippen LogP contribution in [0.3, 0.4) is 0 Å². The Morgan fingerprint density at radius 1 is 0.357 bits per heavy atom. The average Bonchev–Trinajstić information content (AvgIpc) is 3.63. The lowest BCUT2D eigenvalue weighted by atomic mass is 9.61. The number of hydrogen-bond acceptors (Lipinski definition) is 6. The van der Waals surface area contributed by atoms with Crippen molar-refractivity contribution in [3.8, 4) is 0 Å². The van der Waals surface area contributed by atoms with Gasteiger partial charge in [-0.3, -0.25) is 0 Å². The van der Waals surface area contributed by atoms with Gasteiger partial charge < -0.3 is 19.2 Å². The van der Waals surface area contributed by atoms with Crippen molar-refractivity contribution in [3.05, 3.63) is 168 Å². The zero-order chi connectivity index (χ0) is 37.2. The fraction of sp³-hybridized carbons (Fsp3) is 0.125. The average molecular weight is 755 g/mol. The molecular formula is C48H36B2N4S2. The van der Waals surface area contributed by atoms with E-state index in [9.17, 15) is 0 Å². The van der Waals surface area contributed by atoms with Crippen LogP contribution >= 0.6 is 23.5 Å². The van der Waals surface area contributed by atoms with Gasteiger partial charge in [-0.2, -0.15) is 0 Å². The van der Waals surface area contributed by atoms with Crippen molar-refractivity contribution < 1.29 is 0 Å². The molecule has 4 nitrogen and oxygen atoms in total. The molecule has 0 N–H and O–H groups in total. The zero-order valence-corrected chi connectivity index (χ0v) is 33.2. The first-order valence-corrected chi connectivity index (χ1v) is 21.3. The second kappa shape index (κ2) is 10.7. The Balaban J connectivity index is 1.27. The summed E-state index contributed by atoms with van der Waals surface area (Å²) < 4.78 is 0. The highest BCUT2D eigenvalue weighted by Crippen LogP contribution is 2.71. The summed E-state index contributed by atoms with van der Waals surface area (Å²) in [4.78, 5) is 16.2. The van der Waals surface area contributed by atoms with Gasteiger partial charge in [-0.25, -0.2) is 0 Å². The quantitative estimate of drug-likeness (QED) is 0.142. The van der Waals surface area contributed by atoms with Crippen LogP contribution in [0.1, 0.15) is 49.9 Å². The Morgan fingerprint density at radius 3 is 1.07 bits per heavy atom. The minimum atomic E-state index is -0.324. The fourth-order valence-electron chi connectivity index (χ4n) is 11.1. The molecule has 0 fully saturated rings. The second-order valence-corrected chi connectivity index (χ2v) is 19.0. The highest BCUT2D eigenvalue weighted by Gasteiger charge is 2.61. The van der Waals surface area contributed by atoms with Gasteiger partial charge in [-0.15, -0.1) is 0 Å². The molecule has 0 saturated heterocycles. The number of benzene rings is 7. The van der Waals surface area contributed by atoms with Crippen molar-refractivity contribution in [3.63, 3.8) is 0 Å². The van der Waals surface area contributed by atoms with Crippen molar-refractivity contribution in [2.24, 2.45) is 0 Å². The Labute approximate surface area is 337 Å². The number of fused-ring (bicyclic) bond motifs is 20. The molecule has 6 heterocycles. The summed E-state index contributed by atoms with van der Waals surface area (Å²) in [7, 11) is 0. The number of rotatable bonds is 0. The summed E-state index contributed by atoms with van der Waals surface area (Å²) in [6, 6.07) is 55.0. The molecular weight excluding hydrogens is 718 g/mol. The molecule has 0 aromatic heterocycles. The summed E-state index contributed by atoms with van der Waals surface area (Å²) in [5.41, 5.74) is 18.1. The Hall–Kier alpha value is -5.43. The standard InChI is InChI=1S/C48H36B2N4S2/c1-47(2)29-17-5-9-21-33(29)51-43-41(47)45-44-42(46(43)54-36-24-12-16-28-40(36)56-37-25-13-7-19-31(37)49(51)54)48(3,4)30-18-6-10-22-34(30)52(44)50-32-20-8-14-26-38(32)55-39-27-15-11-23-35(39)53(45)50/h5-28H,1-4H3. The van der Waals surface area contributed by atoms with E-state index < -0.39 is 0 Å². The van der Waals surface area contributed by atoms with Gasteiger partial charge in [0, 0.05) is 64.3 Å². The first kappa shape index (κ1) is 31.7. The van der Waals surface area contributed by atoms with Crippen LogP contribution in [0.25, 0.3) is 0 Å². The molecule has 13 rings (SSSR count). The van der Waals surface area contributed by atoms with E-state index in [0.29, 0.717) is 0 Å². The van der Waals surface area contributed by atoms with Crippen LogP contribution < -0.4 is 30.2 Å². The lowest BCUT2D eigenvalue weighted by Crippen LogP contribution is -2.56. The lowest BCUT2D eigenvalue weighted by Gasteiger charge is -2.46. The van der Waals surface area contributed by atoms with Crippen molar-refractivity contribution in [1.82, 2.24) is 0 Å². The van der Waals surface area contributed by atoms with Crippen molar-refractivity contribution in [2.45, 2.75) is 58.1 Å². The summed E-state index contributed by atoms with van der Waals surface area (Å²) in [6.45, 7) is 9.78. The topological polar surface area (TPSA) is 13.0 Å². The molecule has 0 spiro atoms. The maximum Gasteiger partial charge on any atom is 0.421 e. The van der Waals surface area contributed by atoms with Crippen LogP contribution in [0.5, 0.6) is 0 Å². The van der Waals surface area contributed by atoms with Crippen LogP contribution in [-0.4, -0.2) is 14.0 Å². The van der Waals surface area contributed by atoms with Gasteiger partial charge in [0.25, 0.3) is 0 Å². The monoisotopic (exact) mass is 754 g/mol. The summed E-state index contributed by atoms with van der Waals surface area (Å²) in [5, 5.41) is 0. The smallest absolute Gasteiger partial charge is 0.359 e. The van der Waals surface area contributed by atoms with Crippen LogP contribution in [0.4, 0.5) is 45.5 Å². The molecule has 0 atom stereocenters. The highest BCUT2D eigenvalue weighted by atomic mass is 32.2. The largest absolute Gasteiger partial charge is 0.421 e. The molecule has 266 valence electrons. The van der Waals surface area contributed by atoms with Crippen LogP contribution in [0, 0.1) is 0 Å². The third kappa shape index (κ3) is 3.69. The molecule has 0 radical (unpaired) electrons. The van der Waals surface area contributed by atoms with Gasteiger partial charge in [0.1, 0.15) is 0 Å². The maximum absolute atomic E-state index is 2.75. The fourth-order valence-corrected chi connectivity index (χ4v) is 13.3. The molecule has 0 amide bonds. The molecule has 7 aromatic carbocycles. The van der Waals surface area contributed by atoms with E-state index in [-0.39, 0.29) is 24.8 Å². The van der Waals surface area contributed by atoms with Gasteiger partial charge in [0.15, 0.2) is 0 Å². The number of hydrogen-bond donors (Lipinski definition) is 0. The van der Waals surface area contributed by atoms with Crippen molar-refractivity contribution in [1.29, 1.82) is 0 Å². The molecule has 8 heteroatoms. The predicted molar refractivity (Wildman–Crippen MR) is 237 cm³/mol. The van der Waals surface area contributed by atoms with Crippen LogP contribution in [0.15, 0.2) is 165 Å². The molecule has 0 bridgehead atoms. The Morgan fingerprint density at radius 2 is 0.661 bits per heavy atom. The van der Waals surface area contributed by atoms with E-state index in [1.54, 1.807) is 0 Å². The van der Waals surface area contributed by atoms with Crippen LogP contribution in [-0.2, 0) is 10.8 Å². The summed E-state index contributed by atoms with van der Waals surface area (Å²) >= 11 is 3.81. The van der Waals surface area contributed by atoms with Gasteiger partial charge >= 0.3 is 14.0 Å². The van der Waals surface area contributed by atoms with E-state index in [1.165, 1.54) is 98.3 Å². The first-order valence-electron chi connectivity index (χ1n) is 19.7. The predicted octanol–water partition coefficient (Wildman–Crippen LogP) is 11.3. The number of anilines is 8. The molecule has 6 aliphatic rings. The summed E-state index contributed by atoms with van der Waals surface area (Å²) in [5.74, 6) is 0. The van der Waals surface area contributed by atoms with Crippen LogP contribution in [0.2, 0.25) is 0 Å². The summed E-state index contributed by atoms with van der Waals surface area (Å²) in [6.07, 6.45) is 0. The molecule has 7 aromatic rings. The van der Waals surface area contributed by atoms with E-state index in [0.717, 1.165) is 0 Å². The number of para-hydroxylation sites is 4. The van der Waals surface area contributed by atoms with Gasteiger partial charge in [0.2, 0.25) is 0 Å². The van der Waals surface area contributed by atoms with Crippen molar-refractivity contribution in [2.75, 3.05) is 19.2 Å². The van der Waals surface area contributed by atoms with Gasteiger partial charge in [-0.05, 0) is 70.6 Å². The number of nitrogens with zero attached hydrogens (tertiary/aromatic N) is 4. The van der Waals surface area contributed by atoms with Gasteiger partial charge in [-0.1, -0.05) is 148 Å². The van der Waals surface area contributed by atoms with E-state index in [1.807, 2.05) is 23.5 Å². The normalized spacial score (nSPS) is 17.6. The molecule has 0 aliphatic carbocycles. The van der Waals surface area contributed by atoms with Crippen molar-refractivity contribution >= 4 is 93.9 Å². The zero-order valence-electron chi connectivity index (χ0n) is 31.6. The molecule has 0 unspecified atom stereocenters. The third-order valence-corrected chi connectivity index (χ3v) is 15.7. The van der Waals surface area contributed by atoms with E-state index in [4.69, 9.17) is 0 Å².